The molecule has 1 saturated heterocycles. The van der Waals surface area contributed by atoms with Crippen molar-refractivity contribution in [1.29, 1.82) is 0 Å². The van der Waals surface area contributed by atoms with Gasteiger partial charge in [-0.2, -0.15) is 0 Å². The first-order valence-electron chi connectivity index (χ1n) is 5.51. The van der Waals surface area contributed by atoms with Crippen molar-refractivity contribution >= 4 is 23.5 Å². The number of piperazine rings is 1. The molecule has 2 N–H and O–H groups in total. The van der Waals surface area contributed by atoms with Gasteiger partial charge in [-0.05, 0) is 29.6 Å². The molecular formula is C11H14ClN3S. The van der Waals surface area contributed by atoms with Crippen LogP contribution in [0.5, 0.6) is 0 Å². The lowest BCUT2D eigenvalue weighted by Crippen LogP contribution is -2.47. The van der Waals surface area contributed by atoms with E-state index in [0.717, 1.165) is 31.2 Å². The van der Waals surface area contributed by atoms with Gasteiger partial charge in [-0.1, -0.05) is 17.7 Å². The summed E-state index contributed by atoms with van der Waals surface area (Å²) in [7, 11) is 0. The first-order valence-corrected chi connectivity index (χ1v) is 6.70. The first kappa shape index (κ1) is 10.9. The largest absolute Gasteiger partial charge is 0.314 e. The zero-order valence-corrected chi connectivity index (χ0v) is 10.4. The van der Waals surface area contributed by atoms with Gasteiger partial charge >= 0.3 is 0 Å². The second-order valence-electron chi connectivity index (χ2n) is 4.09. The van der Waals surface area contributed by atoms with Crippen LogP contribution >= 0.6 is 23.5 Å². The third kappa shape index (κ3) is 1.96. The molecule has 3 rings (SSSR count). The normalized spacial score (nSPS) is 25.7. The molecule has 1 unspecified atom stereocenters. The predicted molar refractivity (Wildman–Crippen MR) is 67.6 cm³/mol. The Labute approximate surface area is 105 Å². The molecule has 0 aromatic heterocycles. The van der Waals surface area contributed by atoms with Gasteiger partial charge < -0.3 is 5.32 Å². The smallest absolute Gasteiger partial charge is 0.0967 e. The lowest BCUT2D eigenvalue weighted by molar-refractivity contribution is 0.168. The van der Waals surface area contributed by atoms with Crippen LogP contribution in [0.4, 0.5) is 0 Å². The van der Waals surface area contributed by atoms with E-state index in [-0.39, 0.29) is 0 Å². The summed E-state index contributed by atoms with van der Waals surface area (Å²) >= 11 is 7.68. The summed E-state index contributed by atoms with van der Waals surface area (Å²) in [6.07, 6.45) is 0.347. The third-order valence-electron chi connectivity index (χ3n) is 3.07. The molecule has 0 radical (unpaired) electrons. The number of hydrogen-bond acceptors (Lipinski definition) is 4. The van der Waals surface area contributed by atoms with Crippen LogP contribution < -0.4 is 10.0 Å². The lowest BCUT2D eigenvalue weighted by Gasteiger charge is -2.32. The van der Waals surface area contributed by atoms with Crippen LogP contribution in [0.2, 0.25) is 5.02 Å². The van der Waals surface area contributed by atoms with E-state index in [1.54, 1.807) is 11.9 Å². The molecule has 2 heterocycles. The van der Waals surface area contributed by atoms with E-state index < -0.39 is 0 Å². The number of benzene rings is 1. The van der Waals surface area contributed by atoms with Crippen LogP contribution in [-0.4, -0.2) is 31.1 Å². The van der Waals surface area contributed by atoms with Gasteiger partial charge in [0.15, 0.2) is 0 Å². The molecule has 1 fully saturated rings. The quantitative estimate of drug-likeness (QED) is 0.749. The van der Waals surface area contributed by atoms with Crippen LogP contribution in [0.25, 0.3) is 0 Å². The molecule has 0 saturated carbocycles. The number of hydrogen-bond donors (Lipinski definition) is 2. The van der Waals surface area contributed by atoms with E-state index >= 15 is 0 Å². The maximum absolute atomic E-state index is 5.99. The van der Waals surface area contributed by atoms with Crippen molar-refractivity contribution in [2.75, 3.05) is 26.2 Å². The summed E-state index contributed by atoms with van der Waals surface area (Å²) in [4.78, 5) is 3.74. The lowest BCUT2D eigenvalue weighted by atomic mass is 10.1. The van der Waals surface area contributed by atoms with E-state index in [1.807, 2.05) is 12.1 Å². The molecule has 86 valence electrons. The fourth-order valence-electron chi connectivity index (χ4n) is 2.22. The highest BCUT2D eigenvalue weighted by Gasteiger charge is 2.28. The van der Waals surface area contributed by atoms with E-state index in [2.05, 4.69) is 21.0 Å². The van der Waals surface area contributed by atoms with Gasteiger partial charge in [0.25, 0.3) is 0 Å². The molecule has 0 spiro atoms. The van der Waals surface area contributed by atoms with Gasteiger partial charge in [0.05, 0.1) is 6.17 Å². The van der Waals surface area contributed by atoms with Gasteiger partial charge in [0.1, 0.15) is 0 Å². The third-order valence-corrected chi connectivity index (χ3v) is 4.22. The molecule has 0 bridgehead atoms. The topological polar surface area (TPSA) is 27.3 Å². The molecule has 16 heavy (non-hydrogen) atoms. The van der Waals surface area contributed by atoms with Crippen LogP contribution in [0.3, 0.4) is 0 Å². The van der Waals surface area contributed by atoms with Crippen molar-refractivity contribution in [3.8, 4) is 0 Å². The van der Waals surface area contributed by atoms with Gasteiger partial charge in [-0.3, -0.25) is 4.90 Å². The molecular weight excluding hydrogens is 242 g/mol. The van der Waals surface area contributed by atoms with Gasteiger partial charge in [-0.15, -0.1) is 0 Å². The summed E-state index contributed by atoms with van der Waals surface area (Å²) in [6.45, 7) is 4.35. The second-order valence-corrected chi connectivity index (χ2v) is 5.41. The van der Waals surface area contributed by atoms with Gasteiger partial charge in [0.2, 0.25) is 0 Å². The van der Waals surface area contributed by atoms with E-state index in [9.17, 15) is 0 Å². The van der Waals surface area contributed by atoms with Crippen LogP contribution in [0, 0.1) is 0 Å². The van der Waals surface area contributed by atoms with Crippen LogP contribution in [0.1, 0.15) is 11.7 Å². The minimum absolute atomic E-state index is 0.347. The highest BCUT2D eigenvalue weighted by Crippen LogP contribution is 2.38. The Morgan fingerprint density at radius 1 is 1.31 bits per heavy atom. The minimum atomic E-state index is 0.347. The Hall–Kier alpha value is -0.260. The van der Waals surface area contributed by atoms with Crippen molar-refractivity contribution in [2.24, 2.45) is 0 Å². The van der Waals surface area contributed by atoms with Crippen molar-refractivity contribution in [3.05, 3.63) is 28.8 Å². The Kier molecular flexibility index (Phi) is 3.09. The average Bonchev–Trinajstić information content (AvgIpc) is 2.73. The SMILES string of the molecule is Clc1ccc2c(c1)SNC2N1CCNCC1. The molecule has 5 heteroatoms. The summed E-state index contributed by atoms with van der Waals surface area (Å²) < 4.78 is 3.48. The van der Waals surface area contributed by atoms with Crippen molar-refractivity contribution in [3.63, 3.8) is 0 Å². The number of fused-ring (bicyclic) bond motifs is 1. The van der Waals surface area contributed by atoms with Crippen LogP contribution in [-0.2, 0) is 0 Å². The highest BCUT2D eigenvalue weighted by atomic mass is 35.5. The predicted octanol–water partition coefficient (Wildman–Crippen LogP) is 1.85. The number of nitrogens with one attached hydrogen (secondary N) is 2. The Balaban J connectivity index is 1.84. The number of nitrogens with zero attached hydrogens (tertiary/aromatic N) is 1. The minimum Gasteiger partial charge on any atom is -0.314 e. The molecule has 2 aliphatic heterocycles. The standard InChI is InChI=1S/C11H14ClN3S/c12-8-1-2-9-10(7-8)16-14-11(9)15-5-3-13-4-6-15/h1-2,7,11,13-14H,3-6H2. The van der Waals surface area contributed by atoms with Crippen molar-refractivity contribution in [2.45, 2.75) is 11.1 Å². The second kappa shape index (κ2) is 4.55. The van der Waals surface area contributed by atoms with E-state index in [0.29, 0.717) is 6.17 Å². The Morgan fingerprint density at radius 3 is 2.94 bits per heavy atom. The molecule has 3 nitrogen and oxygen atoms in total. The molecule has 0 amide bonds. The monoisotopic (exact) mass is 255 g/mol. The fourth-order valence-corrected chi connectivity index (χ4v) is 3.45. The van der Waals surface area contributed by atoms with Gasteiger partial charge in [-0.25, -0.2) is 4.72 Å². The average molecular weight is 256 g/mol. The molecule has 0 aliphatic carbocycles. The van der Waals surface area contributed by atoms with Crippen molar-refractivity contribution < 1.29 is 0 Å². The maximum atomic E-state index is 5.99. The molecule has 2 aliphatic rings. The Bertz CT molecular complexity index is 393. The molecule has 1 aromatic carbocycles. The van der Waals surface area contributed by atoms with E-state index in [4.69, 9.17) is 11.6 Å². The number of halogens is 1. The maximum Gasteiger partial charge on any atom is 0.0967 e. The van der Waals surface area contributed by atoms with Gasteiger partial charge in [0, 0.05) is 36.1 Å². The number of rotatable bonds is 1. The summed E-state index contributed by atoms with van der Waals surface area (Å²) in [6, 6.07) is 6.15. The molecule has 1 atom stereocenters. The summed E-state index contributed by atoms with van der Waals surface area (Å²) in [5.41, 5.74) is 1.36. The first-order chi connectivity index (χ1) is 7.84. The van der Waals surface area contributed by atoms with E-state index in [1.165, 1.54) is 10.5 Å². The molecule has 1 aromatic rings. The highest BCUT2D eigenvalue weighted by molar-refractivity contribution is 7.97. The zero-order valence-electron chi connectivity index (χ0n) is 8.87. The summed E-state index contributed by atoms with van der Waals surface area (Å²) in [5.74, 6) is 0. The van der Waals surface area contributed by atoms with Crippen molar-refractivity contribution in [1.82, 2.24) is 14.9 Å². The summed E-state index contributed by atoms with van der Waals surface area (Å²) in [5, 5.41) is 4.19. The van der Waals surface area contributed by atoms with Crippen LogP contribution in [0.15, 0.2) is 23.1 Å². The Morgan fingerprint density at radius 2 is 2.12 bits per heavy atom. The zero-order chi connectivity index (χ0) is 11.0. The fraction of sp³-hybridized carbons (Fsp3) is 0.455.